The topological polar surface area (TPSA) is 35.8 Å². The number of hydrogen-bond donors (Lipinski definition) is 1. The molecule has 1 N–H and O–H groups in total. The number of likely N-dealkylation sites (tertiary alicyclic amines) is 1. The first-order valence-electron chi connectivity index (χ1n) is 8.56. The molecule has 6 heteroatoms. The Labute approximate surface area is 148 Å². The lowest BCUT2D eigenvalue weighted by Gasteiger charge is -2.23. The van der Waals surface area contributed by atoms with E-state index in [2.05, 4.69) is 75.8 Å². The Kier molecular flexibility index (Phi) is 6.96. The molecule has 2 heterocycles. The molecule has 1 aliphatic heterocycles. The van der Waals surface area contributed by atoms with Crippen LogP contribution >= 0.6 is 15.9 Å². The summed E-state index contributed by atoms with van der Waals surface area (Å²) in [5.74, 6) is 1.70. The molecule has 130 valence electrons. The van der Waals surface area contributed by atoms with Gasteiger partial charge in [-0.25, -0.2) is 0 Å². The summed E-state index contributed by atoms with van der Waals surface area (Å²) in [7, 11) is 4.19. The summed E-state index contributed by atoms with van der Waals surface area (Å²) in [6.45, 7) is 10.6. The number of halogens is 1. The summed E-state index contributed by atoms with van der Waals surface area (Å²) in [5, 5.41) is 3.42. The molecule has 1 aliphatic rings. The first kappa shape index (κ1) is 18.3. The van der Waals surface area contributed by atoms with Gasteiger partial charge in [-0.2, -0.15) is 0 Å². The second-order valence-electron chi connectivity index (χ2n) is 6.36. The molecule has 0 aliphatic carbocycles. The van der Waals surface area contributed by atoms with Crippen LogP contribution in [-0.2, 0) is 13.6 Å². The first-order chi connectivity index (χ1) is 11.0. The van der Waals surface area contributed by atoms with Crippen LogP contribution in [-0.4, -0.2) is 60.1 Å². The molecular formula is C17H30BrN5. The number of guanidine groups is 1. The fourth-order valence-electron chi connectivity index (χ4n) is 3.08. The highest BCUT2D eigenvalue weighted by molar-refractivity contribution is 9.10. The average molecular weight is 384 g/mol. The largest absolute Gasteiger partial charge is 0.357 e. The summed E-state index contributed by atoms with van der Waals surface area (Å²) < 4.78 is 3.27. The van der Waals surface area contributed by atoms with Gasteiger partial charge in [0, 0.05) is 50.1 Å². The zero-order valence-electron chi connectivity index (χ0n) is 14.8. The lowest BCUT2D eigenvalue weighted by atomic mass is 10.1. The predicted octanol–water partition coefficient (Wildman–Crippen LogP) is 2.53. The van der Waals surface area contributed by atoms with Crippen molar-refractivity contribution in [1.82, 2.24) is 19.7 Å². The minimum Gasteiger partial charge on any atom is -0.357 e. The van der Waals surface area contributed by atoms with E-state index in [1.807, 2.05) is 0 Å². The molecule has 1 aromatic rings. The minimum atomic E-state index is 0.696. The van der Waals surface area contributed by atoms with Crippen LogP contribution in [0, 0.1) is 5.92 Å². The number of hydrogen-bond acceptors (Lipinski definition) is 2. The summed E-state index contributed by atoms with van der Waals surface area (Å²) in [6.07, 6.45) is 3.36. The highest BCUT2D eigenvalue weighted by atomic mass is 79.9. The first-order valence-corrected chi connectivity index (χ1v) is 9.35. The Morgan fingerprint density at radius 1 is 1.48 bits per heavy atom. The van der Waals surface area contributed by atoms with E-state index < -0.39 is 0 Å². The molecule has 0 spiro atoms. The van der Waals surface area contributed by atoms with Crippen LogP contribution in [0.1, 0.15) is 26.0 Å². The van der Waals surface area contributed by atoms with Crippen molar-refractivity contribution in [3.8, 4) is 0 Å². The lowest BCUT2D eigenvalue weighted by Crippen LogP contribution is -2.39. The van der Waals surface area contributed by atoms with Crippen LogP contribution in [0.15, 0.2) is 21.7 Å². The molecule has 0 saturated carbocycles. The van der Waals surface area contributed by atoms with E-state index in [9.17, 15) is 0 Å². The van der Waals surface area contributed by atoms with Crippen LogP contribution in [0.5, 0.6) is 0 Å². The van der Waals surface area contributed by atoms with Crippen molar-refractivity contribution in [1.29, 1.82) is 0 Å². The number of aryl methyl sites for hydroxylation is 1. The third-order valence-corrected chi connectivity index (χ3v) is 4.92. The van der Waals surface area contributed by atoms with Gasteiger partial charge >= 0.3 is 0 Å². The number of nitrogens with zero attached hydrogens (tertiary/aromatic N) is 4. The van der Waals surface area contributed by atoms with Crippen molar-refractivity contribution >= 4 is 21.9 Å². The maximum Gasteiger partial charge on any atom is 0.194 e. The Hall–Kier alpha value is -1.01. The van der Waals surface area contributed by atoms with Crippen molar-refractivity contribution in [2.24, 2.45) is 18.0 Å². The van der Waals surface area contributed by atoms with Gasteiger partial charge in [-0.3, -0.25) is 4.99 Å². The molecule has 1 aromatic heterocycles. The number of nitrogens with one attached hydrogen (secondary N) is 1. The van der Waals surface area contributed by atoms with Crippen molar-refractivity contribution in [3.63, 3.8) is 0 Å². The number of aliphatic imine (C=N–C) groups is 1. The van der Waals surface area contributed by atoms with Gasteiger partial charge < -0.3 is 19.7 Å². The molecule has 0 bridgehead atoms. The highest BCUT2D eigenvalue weighted by Crippen LogP contribution is 2.17. The fraction of sp³-hybridized carbons (Fsp3) is 0.706. The van der Waals surface area contributed by atoms with Gasteiger partial charge in [-0.1, -0.05) is 6.92 Å². The zero-order chi connectivity index (χ0) is 16.8. The van der Waals surface area contributed by atoms with E-state index in [4.69, 9.17) is 4.99 Å². The Balaban J connectivity index is 1.96. The molecular weight excluding hydrogens is 354 g/mol. The van der Waals surface area contributed by atoms with Crippen LogP contribution in [0.2, 0.25) is 0 Å². The summed E-state index contributed by atoms with van der Waals surface area (Å²) in [4.78, 5) is 9.60. The van der Waals surface area contributed by atoms with Gasteiger partial charge in [-0.05, 0) is 54.3 Å². The molecule has 1 fully saturated rings. The van der Waals surface area contributed by atoms with E-state index in [1.165, 1.54) is 25.2 Å². The predicted molar refractivity (Wildman–Crippen MR) is 101 cm³/mol. The molecule has 2 rings (SSSR count). The molecule has 0 amide bonds. The van der Waals surface area contributed by atoms with Gasteiger partial charge in [0.05, 0.1) is 6.54 Å². The SMILES string of the molecule is CCNC(=NCC1CCN(CC)C1)N(C)Cc1cc(Br)cn1C. The van der Waals surface area contributed by atoms with E-state index >= 15 is 0 Å². The summed E-state index contributed by atoms with van der Waals surface area (Å²) >= 11 is 3.54. The van der Waals surface area contributed by atoms with Gasteiger partial charge in [0.1, 0.15) is 0 Å². The summed E-state index contributed by atoms with van der Waals surface area (Å²) in [6, 6.07) is 2.16. The Morgan fingerprint density at radius 3 is 2.83 bits per heavy atom. The van der Waals surface area contributed by atoms with Crippen LogP contribution in [0.25, 0.3) is 0 Å². The van der Waals surface area contributed by atoms with Crippen molar-refractivity contribution in [2.45, 2.75) is 26.8 Å². The molecule has 0 aromatic carbocycles. The van der Waals surface area contributed by atoms with Gasteiger partial charge in [0.25, 0.3) is 0 Å². The molecule has 1 unspecified atom stereocenters. The van der Waals surface area contributed by atoms with Gasteiger partial charge in [-0.15, -0.1) is 0 Å². The zero-order valence-corrected chi connectivity index (χ0v) is 16.4. The van der Waals surface area contributed by atoms with Crippen LogP contribution in [0.4, 0.5) is 0 Å². The fourth-order valence-corrected chi connectivity index (χ4v) is 3.65. The number of aromatic nitrogens is 1. The standard InChI is InChI=1S/C17H30BrN5/c1-5-19-17(20-10-14-7-8-23(6-2)11-14)22(4)13-16-9-15(18)12-21(16)3/h9,12,14H,5-8,10-11,13H2,1-4H3,(H,19,20). The maximum atomic E-state index is 4.88. The van der Waals surface area contributed by atoms with E-state index in [0.29, 0.717) is 5.92 Å². The number of rotatable bonds is 6. The smallest absolute Gasteiger partial charge is 0.194 e. The molecule has 0 radical (unpaired) electrons. The molecule has 23 heavy (non-hydrogen) atoms. The normalized spacial score (nSPS) is 19.3. The van der Waals surface area contributed by atoms with Crippen LogP contribution < -0.4 is 5.32 Å². The third kappa shape index (κ3) is 5.24. The van der Waals surface area contributed by atoms with E-state index in [-0.39, 0.29) is 0 Å². The highest BCUT2D eigenvalue weighted by Gasteiger charge is 2.21. The van der Waals surface area contributed by atoms with Crippen molar-refractivity contribution < 1.29 is 0 Å². The quantitative estimate of drug-likeness (QED) is 0.605. The molecule has 1 saturated heterocycles. The summed E-state index contributed by atoms with van der Waals surface area (Å²) in [5.41, 5.74) is 1.27. The van der Waals surface area contributed by atoms with Crippen molar-refractivity contribution in [3.05, 3.63) is 22.4 Å². The Morgan fingerprint density at radius 2 is 2.26 bits per heavy atom. The van der Waals surface area contributed by atoms with E-state index in [1.54, 1.807) is 0 Å². The van der Waals surface area contributed by atoms with Gasteiger partial charge in [0.15, 0.2) is 5.96 Å². The second kappa shape index (κ2) is 8.73. The second-order valence-corrected chi connectivity index (χ2v) is 7.27. The average Bonchev–Trinajstić information content (AvgIpc) is 3.10. The lowest BCUT2D eigenvalue weighted by molar-refractivity contribution is 0.343. The third-order valence-electron chi connectivity index (χ3n) is 4.49. The van der Waals surface area contributed by atoms with Crippen molar-refractivity contribution in [2.75, 3.05) is 39.8 Å². The van der Waals surface area contributed by atoms with E-state index in [0.717, 1.165) is 36.6 Å². The van der Waals surface area contributed by atoms with Gasteiger partial charge in [0.2, 0.25) is 0 Å². The Bertz CT molecular complexity index is 525. The van der Waals surface area contributed by atoms with Crippen LogP contribution in [0.3, 0.4) is 0 Å². The maximum absolute atomic E-state index is 4.88. The molecule has 1 atom stereocenters. The molecule has 5 nitrogen and oxygen atoms in total. The minimum absolute atomic E-state index is 0.696. The monoisotopic (exact) mass is 383 g/mol.